The second-order valence-corrected chi connectivity index (χ2v) is 6.24. The fraction of sp³-hybridized carbons (Fsp3) is 0.500. The summed E-state index contributed by atoms with van der Waals surface area (Å²) >= 11 is 6.30. The van der Waals surface area contributed by atoms with Crippen LogP contribution in [-0.2, 0) is 0 Å². The van der Waals surface area contributed by atoms with E-state index in [0.717, 1.165) is 18.2 Å². The fourth-order valence-electron chi connectivity index (χ4n) is 2.97. The van der Waals surface area contributed by atoms with Gasteiger partial charge in [0.1, 0.15) is 5.65 Å². The van der Waals surface area contributed by atoms with E-state index in [0.29, 0.717) is 22.3 Å². The highest BCUT2D eigenvalue weighted by Crippen LogP contribution is 2.24. The van der Waals surface area contributed by atoms with E-state index in [2.05, 4.69) is 20.8 Å². The molecule has 1 aliphatic carbocycles. The molecular formula is C16H21ClN4O. The Morgan fingerprint density at radius 3 is 2.73 bits per heavy atom. The van der Waals surface area contributed by atoms with Crippen LogP contribution in [0.3, 0.4) is 0 Å². The number of pyridine rings is 1. The zero-order chi connectivity index (χ0) is 15.4. The number of hydrogen-bond donors (Lipinski definition) is 3. The molecule has 2 aromatic heterocycles. The molecule has 0 aromatic carbocycles. The second kappa shape index (κ2) is 7.11. The third-order valence-electron chi connectivity index (χ3n) is 4.26. The highest BCUT2D eigenvalue weighted by atomic mass is 35.5. The molecule has 118 valence electrons. The average Bonchev–Trinajstić information content (AvgIpc) is 2.95. The van der Waals surface area contributed by atoms with E-state index in [1.807, 2.05) is 6.07 Å². The van der Waals surface area contributed by atoms with Crippen molar-refractivity contribution in [1.82, 2.24) is 20.8 Å². The number of nitrogens with one attached hydrogen (secondary N) is 3. The summed E-state index contributed by atoms with van der Waals surface area (Å²) < 4.78 is 0. The normalized spacial score (nSPS) is 17.1. The van der Waals surface area contributed by atoms with Crippen molar-refractivity contribution >= 4 is 28.5 Å². The number of carbonyl (C=O) groups is 1. The van der Waals surface area contributed by atoms with Crippen molar-refractivity contribution in [3.05, 3.63) is 29.0 Å². The number of aromatic amines is 1. The second-order valence-electron chi connectivity index (χ2n) is 5.87. The van der Waals surface area contributed by atoms with Crippen LogP contribution in [0.25, 0.3) is 11.0 Å². The van der Waals surface area contributed by atoms with E-state index >= 15 is 0 Å². The third kappa shape index (κ3) is 3.42. The Hall–Kier alpha value is -1.59. The number of nitrogens with zero attached hydrogens (tertiary/aromatic N) is 1. The summed E-state index contributed by atoms with van der Waals surface area (Å²) in [5.74, 6) is -0.234. The highest BCUT2D eigenvalue weighted by molar-refractivity contribution is 6.38. The van der Waals surface area contributed by atoms with Crippen LogP contribution in [0.4, 0.5) is 0 Å². The zero-order valence-electron chi connectivity index (χ0n) is 12.5. The molecule has 0 spiro atoms. The number of carbonyl (C=O) groups excluding carboxylic acids is 1. The first-order valence-corrected chi connectivity index (χ1v) is 8.31. The maximum Gasteiger partial charge on any atom is 0.268 e. The Bertz CT molecular complexity index is 647. The minimum atomic E-state index is -0.234. The van der Waals surface area contributed by atoms with Crippen LogP contribution >= 0.6 is 11.6 Å². The number of rotatable bonds is 3. The number of H-pyrrole nitrogens is 1. The van der Waals surface area contributed by atoms with Gasteiger partial charge in [-0.1, -0.05) is 43.7 Å². The lowest BCUT2D eigenvalue weighted by Crippen LogP contribution is -2.44. The first kappa shape index (κ1) is 15.3. The molecule has 2 heterocycles. The Morgan fingerprint density at radius 1 is 1.23 bits per heavy atom. The van der Waals surface area contributed by atoms with Crippen LogP contribution in [-0.4, -0.2) is 21.9 Å². The maximum absolute atomic E-state index is 12.3. The van der Waals surface area contributed by atoms with Gasteiger partial charge < -0.3 is 4.98 Å². The van der Waals surface area contributed by atoms with Gasteiger partial charge in [0, 0.05) is 23.8 Å². The lowest BCUT2D eigenvalue weighted by atomic mass is 9.97. The smallest absolute Gasteiger partial charge is 0.268 e. The van der Waals surface area contributed by atoms with Crippen LogP contribution < -0.4 is 10.9 Å². The molecule has 0 atom stereocenters. The van der Waals surface area contributed by atoms with E-state index < -0.39 is 0 Å². The van der Waals surface area contributed by atoms with Gasteiger partial charge in [0.25, 0.3) is 5.91 Å². The molecule has 1 saturated carbocycles. The Labute approximate surface area is 134 Å². The van der Waals surface area contributed by atoms with Gasteiger partial charge in [-0.2, -0.15) is 0 Å². The number of halogens is 1. The molecule has 1 fully saturated rings. The number of hydrazine groups is 1. The lowest BCUT2D eigenvalue weighted by molar-refractivity contribution is 0.0921. The van der Waals surface area contributed by atoms with Crippen LogP contribution in [0.1, 0.15) is 55.3 Å². The van der Waals surface area contributed by atoms with E-state index in [1.165, 1.54) is 38.3 Å². The molecule has 0 unspecified atom stereocenters. The van der Waals surface area contributed by atoms with Gasteiger partial charge in [0.15, 0.2) is 0 Å². The van der Waals surface area contributed by atoms with Gasteiger partial charge in [0.2, 0.25) is 0 Å². The van der Waals surface area contributed by atoms with Crippen molar-refractivity contribution in [3.63, 3.8) is 0 Å². The summed E-state index contributed by atoms with van der Waals surface area (Å²) in [6, 6.07) is 2.16. The van der Waals surface area contributed by atoms with Gasteiger partial charge in [0.05, 0.1) is 10.6 Å². The molecule has 1 aliphatic rings. The third-order valence-corrected chi connectivity index (χ3v) is 4.67. The maximum atomic E-state index is 12.3. The number of fused-ring (bicyclic) bond motifs is 1. The number of hydrogen-bond acceptors (Lipinski definition) is 3. The van der Waals surface area contributed by atoms with Gasteiger partial charge in [-0.05, 0) is 18.9 Å². The summed E-state index contributed by atoms with van der Waals surface area (Å²) in [7, 11) is 0. The quantitative estimate of drug-likeness (QED) is 0.757. The minimum Gasteiger partial charge on any atom is -0.346 e. The van der Waals surface area contributed by atoms with E-state index in [9.17, 15) is 4.79 Å². The van der Waals surface area contributed by atoms with Gasteiger partial charge in [-0.15, -0.1) is 0 Å². The standard InChI is InChI=1S/C16H21ClN4O/c17-14-12-8-9-18-15(12)19-10-13(14)16(22)21-20-11-6-4-2-1-3-5-7-11/h8-11,20H,1-7H2,(H,18,19)(H,21,22). The summed E-state index contributed by atoms with van der Waals surface area (Å²) in [4.78, 5) is 19.5. The van der Waals surface area contributed by atoms with Gasteiger partial charge in [-0.3, -0.25) is 10.2 Å². The predicted molar refractivity (Wildman–Crippen MR) is 87.8 cm³/mol. The van der Waals surface area contributed by atoms with Crippen molar-refractivity contribution < 1.29 is 4.79 Å². The fourth-order valence-corrected chi connectivity index (χ4v) is 3.26. The van der Waals surface area contributed by atoms with Gasteiger partial charge in [-0.25, -0.2) is 10.4 Å². The summed E-state index contributed by atoms with van der Waals surface area (Å²) in [6.07, 6.45) is 11.8. The first-order chi connectivity index (χ1) is 10.8. The van der Waals surface area contributed by atoms with E-state index in [4.69, 9.17) is 11.6 Å². The number of amides is 1. The minimum absolute atomic E-state index is 0.234. The van der Waals surface area contributed by atoms with Crippen molar-refractivity contribution in [1.29, 1.82) is 0 Å². The molecule has 3 N–H and O–H groups in total. The van der Waals surface area contributed by atoms with Crippen LogP contribution in [0.15, 0.2) is 18.5 Å². The first-order valence-electron chi connectivity index (χ1n) is 7.93. The molecule has 0 bridgehead atoms. The topological polar surface area (TPSA) is 69.8 Å². The molecule has 0 saturated heterocycles. The van der Waals surface area contributed by atoms with E-state index in [-0.39, 0.29) is 5.91 Å². The lowest BCUT2D eigenvalue weighted by Gasteiger charge is -2.21. The van der Waals surface area contributed by atoms with Crippen molar-refractivity contribution in [2.24, 2.45) is 0 Å². The zero-order valence-corrected chi connectivity index (χ0v) is 13.2. The molecule has 22 heavy (non-hydrogen) atoms. The van der Waals surface area contributed by atoms with Crippen LogP contribution in [0, 0.1) is 0 Å². The SMILES string of the molecule is O=C(NNC1CCCCCCC1)c1cnc2[nH]ccc2c1Cl. The monoisotopic (exact) mass is 320 g/mol. The van der Waals surface area contributed by atoms with Gasteiger partial charge >= 0.3 is 0 Å². The molecule has 6 heteroatoms. The van der Waals surface area contributed by atoms with Crippen LogP contribution in [0.2, 0.25) is 5.02 Å². The Balaban J connectivity index is 1.64. The number of aromatic nitrogens is 2. The molecule has 5 nitrogen and oxygen atoms in total. The molecule has 0 aliphatic heterocycles. The Morgan fingerprint density at radius 2 is 1.95 bits per heavy atom. The van der Waals surface area contributed by atoms with Crippen molar-refractivity contribution in [2.45, 2.75) is 51.0 Å². The average molecular weight is 321 g/mol. The Kier molecular flexibility index (Phi) is 4.95. The molecule has 2 aromatic rings. The molecular weight excluding hydrogens is 300 g/mol. The van der Waals surface area contributed by atoms with E-state index in [1.54, 1.807) is 6.20 Å². The molecule has 0 radical (unpaired) electrons. The predicted octanol–water partition coefficient (Wildman–Crippen LogP) is 3.56. The summed E-state index contributed by atoms with van der Waals surface area (Å²) in [5, 5.41) is 1.20. The molecule has 3 rings (SSSR count). The highest BCUT2D eigenvalue weighted by Gasteiger charge is 2.16. The van der Waals surface area contributed by atoms with Crippen molar-refractivity contribution in [2.75, 3.05) is 0 Å². The van der Waals surface area contributed by atoms with Crippen LogP contribution in [0.5, 0.6) is 0 Å². The van der Waals surface area contributed by atoms with Crippen molar-refractivity contribution in [3.8, 4) is 0 Å². The summed E-state index contributed by atoms with van der Waals surface area (Å²) in [6.45, 7) is 0. The molecule has 1 amide bonds. The largest absolute Gasteiger partial charge is 0.346 e. The summed E-state index contributed by atoms with van der Waals surface area (Å²) in [5.41, 5.74) is 7.04.